The van der Waals surface area contributed by atoms with Gasteiger partial charge in [0.2, 0.25) is 11.2 Å². The normalized spacial score (nSPS) is 15.9. The summed E-state index contributed by atoms with van der Waals surface area (Å²) in [6.45, 7) is 3.27. The van der Waals surface area contributed by atoms with E-state index in [9.17, 15) is 0 Å². The minimum Gasteiger partial charge on any atom is -0.464 e. The average molecular weight is 271 g/mol. The van der Waals surface area contributed by atoms with E-state index in [1.807, 2.05) is 6.92 Å². The lowest BCUT2D eigenvalue weighted by Gasteiger charge is -2.10. The number of nitrogens with one attached hydrogen (secondary N) is 1. The molecular formula is C12H19ClN4O. The van der Waals surface area contributed by atoms with Crippen LogP contribution in [0.25, 0.3) is 0 Å². The largest absolute Gasteiger partial charge is 0.464 e. The molecule has 1 fully saturated rings. The van der Waals surface area contributed by atoms with Crippen molar-refractivity contribution in [3.8, 4) is 6.01 Å². The molecule has 100 valence electrons. The smallest absolute Gasteiger partial charge is 0.322 e. The van der Waals surface area contributed by atoms with Gasteiger partial charge in [0.25, 0.3) is 0 Å². The maximum absolute atomic E-state index is 5.81. The lowest BCUT2D eigenvalue weighted by molar-refractivity contribution is 0.312. The highest BCUT2D eigenvalue weighted by Gasteiger charge is 2.14. The maximum atomic E-state index is 5.81. The highest BCUT2D eigenvalue weighted by atomic mass is 35.5. The topological polar surface area (TPSA) is 59.9 Å². The van der Waals surface area contributed by atoms with Gasteiger partial charge in [-0.25, -0.2) is 0 Å². The number of ether oxygens (including phenoxy) is 1. The molecule has 1 aromatic rings. The van der Waals surface area contributed by atoms with Gasteiger partial charge in [-0.3, -0.25) is 0 Å². The van der Waals surface area contributed by atoms with Crippen molar-refractivity contribution in [3.63, 3.8) is 0 Å². The third-order valence-electron chi connectivity index (χ3n) is 3.17. The first-order valence-corrected chi connectivity index (χ1v) is 6.94. The summed E-state index contributed by atoms with van der Waals surface area (Å²) in [5.41, 5.74) is 0. The van der Waals surface area contributed by atoms with Crippen molar-refractivity contribution < 1.29 is 4.74 Å². The molecule has 1 aliphatic rings. The van der Waals surface area contributed by atoms with Crippen LogP contribution >= 0.6 is 11.6 Å². The van der Waals surface area contributed by atoms with Gasteiger partial charge in [-0.1, -0.05) is 25.7 Å². The lowest BCUT2D eigenvalue weighted by atomic mass is 10.0. The molecular weight excluding hydrogens is 252 g/mol. The van der Waals surface area contributed by atoms with Crippen molar-refractivity contribution in [3.05, 3.63) is 5.28 Å². The lowest BCUT2D eigenvalue weighted by Crippen LogP contribution is -2.10. The van der Waals surface area contributed by atoms with Crippen LogP contribution < -0.4 is 10.1 Å². The van der Waals surface area contributed by atoms with Crippen LogP contribution in [0.15, 0.2) is 0 Å². The first-order chi connectivity index (χ1) is 8.78. The number of aromatic nitrogens is 3. The number of rotatable bonds is 6. The zero-order valence-electron chi connectivity index (χ0n) is 10.7. The molecule has 0 atom stereocenters. The van der Waals surface area contributed by atoms with E-state index in [1.165, 1.54) is 25.7 Å². The molecule has 2 rings (SSSR count). The molecule has 18 heavy (non-hydrogen) atoms. The van der Waals surface area contributed by atoms with Crippen molar-refractivity contribution in [2.75, 3.05) is 18.5 Å². The molecule has 1 aromatic heterocycles. The highest BCUT2D eigenvalue weighted by molar-refractivity contribution is 6.28. The molecule has 0 amide bonds. The molecule has 5 nitrogen and oxygen atoms in total. The van der Waals surface area contributed by atoms with Crippen molar-refractivity contribution in [1.82, 2.24) is 15.0 Å². The van der Waals surface area contributed by atoms with Gasteiger partial charge < -0.3 is 10.1 Å². The third-order valence-corrected chi connectivity index (χ3v) is 3.34. The molecule has 0 saturated heterocycles. The van der Waals surface area contributed by atoms with Crippen LogP contribution in [0, 0.1) is 5.92 Å². The van der Waals surface area contributed by atoms with E-state index in [-0.39, 0.29) is 11.3 Å². The van der Waals surface area contributed by atoms with E-state index >= 15 is 0 Å². The van der Waals surface area contributed by atoms with Crippen LogP contribution in [0.4, 0.5) is 5.95 Å². The van der Waals surface area contributed by atoms with Crippen LogP contribution in [0.3, 0.4) is 0 Å². The summed E-state index contributed by atoms with van der Waals surface area (Å²) in [6, 6.07) is 0.279. The average Bonchev–Trinajstić information content (AvgIpc) is 2.82. The Hall–Kier alpha value is -1.10. The predicted molar refractivity (Wildman–Crippen MR) is 71.1 cm³/mol. The first-order valence-electron chi connectivity index (χ1n) is 6.56. The molecule has 1 aliphatic carbocycles. The van der Waals surface area contributed by atoms with Gasteiger partial charge in [-0.05, 0) is 30.9 Å². The number of halogens is 1. The van der Waals surface area contributed by atoms with Gasteiger partial charge in [-0.2, -0.15) is 15.0 Å². The number of hydrogen-bond acceptors (Lipinski definition) is 5. The second kappa shape index (κ2) is 6.73. The summed E-state index contributed by atoms with van der Waals surface area (Å²) in [5.74, 6) is 1.35. The van der Waals surface area contributed by atoms with Crippen LogP contribution in [0.2, 0.25) is 5.28 Å². The molecule has 6 heteroatoms. The Bertz CT molecular complexity index is 382. The Morgan fingerprint density at radius 2 is 2.06 bits per heavy atom. The van der Waals surface area contributed by atoms with E-state index < -0.39 is 0 Å². The minimum absolute atomic E-state index is 0.164. The fourth-order valence-electron chi connectivity index (χ4n) is 2.29. The van der Waals surface area contributed by atoms with Gasteiger partial charge in [0.15, 0.2) is 0 Å². The second-order valence-corrected chi connectivity index (χ2v) is 4.85. The summed E-state index contributed by atoms with van der Waals surface area (Å²) in [4.78, 5) is 12.1. The predicted octanol–water partition coefficient (Wildman–Crippen LogP) is 2.92. The molecule has 0 spiro atoms. The van der Waals surface area contributed by atoms with Gasteiger partial charge in [-0.15, -0.1) is 0 Å². The third kappa shape index (κ3) is 3.98. The van der Waals surface area contributed by atoms with E-state index in [2.05, 4.69) is 20.3 Å². The molecule has 1 N–H and O–H groups in total. The molecule has 0 bridgehead atoms. The van der Waals surface area contributed by atoms with E-state index in [0.717, 1.165) is 18.9 Å². The monoisotopic (exact) mass is 270 g/mol. The Kier molecular flexibility index (Phi) is 4.99. The van der Waals surface area contributed by atoms with Crippen molar-refractivity contribution in [2.24, 2.45) is 5.92 Å². The van der Waals surface area contributed by atoms with E-state index in [0.29, 0.717) is 12.6 Å². The van der Waals surface area contributed by atoms with Gasteiger partial charge in [0.1, 0.15) is 0 Å². The Labute approximate surface area is 112 Å². The van der Waals surface area contributed by atoms with E-state index in [4.69, 9.17) is 16.3 Å². The number of nitrogens with zero attached hydrogens (tertiary/aromatic N) is 3. The fourth-order valence-corrected chi connectivity index (χ4v) is 2.44. The zero-order chi connectivity index (χ0) is 12.8. The number of anilines is 1. The molecule has 0 radical (unpaired) electrons. The Morgan fingerprint density at radius 1 is 1.28 bits per heavy atom. The molecule has 1 heterocycles. The minimum atomic E-state index is 0.164. The van der Waals surface area contributed by atoms with Gasteiger partial charge in [0, 0.05) is 6.54 Å². The van der Waals surface area contributed by atoms with Crippen molar-refractivity contribution in [2.45, 2.75) is 39.0 Å². The summed E-state index contributed by atoms with van der Waals surface area (Å²) < 4.78 is 5.22. The maximum Gasteiger partial charge on any atom is 0.322 e. The van der Waals surface area contributed by atoms with Gasteiger partial charge >= 0.3 is 6.01 Å². The van der Waals surface area contributed by atoms with Crippen LogP contribution in [-0.2, 0) is 0 Å². The second-order valence-electron chi connectivity index (χ2n) is 4.51. The molecule has 0 aliphatic heterocycles. The van der Waals surface area contributed by atoms with Crippen LogP contribution in [0.5, 0.6) is 6.01 Å². The highest BCUT2D eigenvalue weighted by Crippen LogP contribution is 2.27. The van der Waals surface area contributed by atoms with Gasteiger partial charge in [0.05, 0.1) is 6.61 Å². The Morgan fingerprint density at radius 3 is 2.78 bits per heavy atom. The zero-order valence-corrected chi connectivity index (χ0v) is 11.4. The SMILES string of the molecule is CCOc1nc(Cl)nc(NCCC2CCCC2)n1. The van der Waals surface area contributed by atoms with Crippen molar-refractivity contribution in [1.29, 1.82) is 0 Å². The summed E-state index contributed by atoms with van der Waals surface area (Å²) >= 11 is 5.81. The first kappa shape index (κ1) is 13.3. The fraction of sp³-hybridized carbons (Fsp3) is 0.750. The summed E-state index contributed by atoms with van der Waals surface area (Å²) in [6.07, 6.45) is 6.61. The van der Waals surface area contributed by atoms with Crippen LogP contribution in [0.1, 0.15) is 39.0 Å². The standard InChI is InChI=1S/C12H19ClN4O/c1-2-18-12-16-10(13)15-11(17-12)14-8-7-9-5-3-4-6-9/h9H,2-8H2,1H3,(H,14,15,16,17). The van der Waals surface area contributed by atoms with Crippen LogP contribution in [-0.4, -0.2) is 28.1 Å². The van der Waals surface area contributed by atoms with E-state index in [1.54, 1.807) is 0 Å². The Balaban J connectivity index is 1.83. The number of hydrogen-bond donors (Lipinski definition) is 1. The summed E-state index contributed by atoms with van der Waals surface area (Å²) in [5, 5.41) is 3.35. The quantitative estimate of drug-likeness (QED) is 0.861. The molecule has 0 unspecified atom stereocenters. The van der Waals surface area contributed by atoms with Crippen molar-refractivity contribution >= 4 is 17.5 Å². The summed E-state index contributed by atoms with van der Waals surface area (Å²) in [7, 11) is 0. The molecule has 0 aromatic carbocycles. The molecule has 1 saturated carbocycles.